The Hall–Kier alpha value is -3.60. The van der Waals surface area contributed by atoms with Gasteiger partial charge in [0, 0.05) is 23.3 Å². The van der Waals surface area contributed by atoms with Crippen molar-refractivity contribution in [2.75, 3.05) is 0 Å². The fourth-order valence-electron chi connectivity index (χ4n) is 3.74. The number of pyridine rings is 2. The molecule has 0 fully saturated rings. The first-order valence-corrected chi connectivity index (χ1v) is 8.87. The third-order valence-corrected chi connectivity index (χ3v) is 4.93. The zero-order valence-corrected chi connectivity index (χ0v) is 15.5. The van der Waals surface area contributed by atoms with Crippen LogP contribution in [0.5, 0.6) is 0 Å². The van der Waals surface area contributed by atoms with Gasteiger partial charge in [0.25, 0.3) is 5.91 Å². The third-order valence-electron chi connectivity index (χ3n) is 4.93. The molecule has 0 bridgehead atoms. The van der Waals surface area contributed by atoms with Gasteiger partial charge in [0.2, 0.25) is 0 Å². The monoisotopic (exact) mass is 371 g/mol. The normalized spacial score (nSPS) is 11.0. The van der Waals surface area contributed by atoms with Gasteiger partial charge in [0.05, 0.1) is 5.52 Å². The van der Waals surface area contributed by atoms with Gasteiger partial charge in [-0.3, -0.25) is 9.78 Å². The lowest BCUT2D eigenvalue weighted by Crippen LogP contribution is -2.13. The van der Waals surface area contributed by atoms with E-state index in [2.05, 4.69) is 9.97 Å². The first-order valence-electron chi connectivity index (χ1n) is 8.87. The summed E-state index contributed by atoms with van der Waals surface area (Å²) in [4.78, 5) is 20.4. The summed E-state index contributed by atoms with van der Waals surface area (Å²) < 4.78 is 14.6. The van der Waals surface area contributed by atoms with Crippen molar-refractivity contribution in [1.82, 2.24) is 9.97 Å². The van der Waals surface area contributed by atoms with Crippen molar-refractivity contribution in [3.8, 4) is 22.3 Å². The summed E-state index contributed by atoms with van der Waals surface area (Å²) in [5, 5.41) is 0.799. The summed E-state index contributed by atoms with van der Waals surface area (Å²) in [5.41, 5.74) is 11.2. The minimum absolute atomic E-state index is 0.112. The van der Waals surface area contributed by atoms with Crippen LogP contribution in [0.3, 0.4) is 0 Å². The molecule has 2 aromatic carbocycles. The Morgan fingerprint density at radius 3 is 2.39 bits per heavy atom. The number of aromatic nitrogens is 2. The second-order valence-electron chi connectivity index (χ2n) is 6.72. The smallest absolute Gasteiger partial charge is 0.267 e. The molecule has 0 atom stereocenters. The Morgan fingerprint density at radius 1 is 1.00 bits per heavy atom. The molecule has 5 heteroatoms. The Bertz CT molecular complexity index is 1220. The van der Waals surface area contributed by atoms with Gasteiger partial charge < -0.3 is 5.73 Å². The molecule has 2 N–H and O–H groups in total. The highest BCUT2D eigenvalue weighted by atomic mass is 19.1. The number of amides is 1. The minimum atomic E-state index is -0.645. The number of aryl methyl sites for hydroxylation is 2. The number of halogens is 1. The van der Waals surface area contributed by atoms with Gasteiger partial charge in [-0.1, -0.05) is 18.2 Å². The molecule has 0 radical (unpaired) electrons. The highest BCUT2D eigenvalue weighted by molar-refractivity contribution is 6.04. The summed E-state index contributed by atoms with van der Waals surface area (Å²) >= 11 is 0. The molecule has 2 heterocycles. The molecule has 0 saturated heterocycles. The molecule has 0 unspecified atom stereocenters. The summed E-state index contributed by atoms with van der Waals surface area (Å²) in [6.45, 7) is 3.98. The van der Waals surface area contributed by atoms with Crippen LogP contribution in [0.1, 0.15) is 21.6 Å². The van der Waals surface area contributed by atoms with E-state index in [0.717, 1.165) is 27.6 Å². The summed E-state index contributed by atoms with van der Waals surface area (Å²) in [5.74, 6) is -1.01. The first-order chi connectivity index (χ1) is 13.5. The maximum absolute atomic E-state index is 14.6. The number of nitrogens with two attached hydrogens (primary N) is 1. The molecule has 28 heavy (non-hydrogen) atoms. The number of hydrogen-bond donors (Lipinski definition) is 1. The molecule has 0 saturated carbocycles. The van der Waals surface area contributed by atoms with Crippen LogP contribution in [0.4, 0.5) is 4.39 Å². The number of rotatable bonds is 3. The van der Waals surface area contributed by atoms with Crippen molar-refractivity contribution in [1.29, 1.82) is 0 Å². The van der Waals surface area contributed by atoms with Crippen molar-refractivity contribution >= 4 is 16.8 Å². The molecule has 2 aromatic heterocycles. The van der Waals surface area contributed by atoms with Crippen molar-refractivity contribution in [2.24, 2.45) is 5.73 Å². The fourth-order valence-corrected chi connectivity index (χ4v) is 3.74. The standard InChI is InChI=1S/C23H18FN3O/c1-13-11-19-22(14(2)21(13)15-7-9-26-10-8-15)17(12-20(27-19)23(25)28)16-5-3-4-6-18(16)24/h3-12H,1-2H3,(H2,25,28). The Kier molecular flexibility index (Phi) is 4.35. The number of carbonyl (C=O) groups is 1. The largest absolute Gasteiger partial charge is 0.364 e. The molecule has 4 nitrogen and oxygen atoms in total. The third kappa shape index (κ3) is 2.91. The van der Waals surface area contributed by atoms with E-state index in [0.29, 0.717) is 16.6 Å². The number of nitrogens with zero attached hydrogens (tertiary/aromatic N) is 2. The van der Waals surface area contributed by atoms with Crippen LogP contribution in [0.15, 0.2) is 60.9 Å². The van der Waals surface area contributed by atoms with E-state index in [1.165, 1.54) is 6.07 Å². The highest BCUT2D eigenvalue weighted by Gasteiger charge is 2.19. The molecule has 0 aliphatic carbocycles. The van der Waals surface area contributed by atoms with Gasteiger partial charge in [-0.25, -0.2) is 9.37 Å². The molecule has 138 valence electrons. The van der Waals surface area contributed by atoms with Crippen molar-refractivity contribution < 1.29 is 9.18 Å². The molecule has 4 rings (SSSR count). The SMILES string of the molecule is Cc1cc2nc(C(N)=O)cc(-c3ccccc3F)c2c(C)c1-c1ccncc1. The molecule has 0 aliphatic heterocycles. The number of benzene rings is 2. The molecular formula is C23H18FN3O. The van der Waals surface area contributed by atoms with E-state index < -0.39 is 5.91 Å². The lowest BCUT2D eigenvalue weighted by atomic mass is 9.89. The average molecular weight is 371 g/mol. The minimum Gasteiger partial charge on any atom is -0.364 e. The molecule has 4 aromatic rings. The van der Waals surface area contributed by atoms with Crippen LogP contribution in [0.2, 0.25) is 0 Å². The number of fused-ring (bicyclic) bond motifs is 1. The topological polar surface area (TPSA) is 68.9 Å². The predicted molar refractivity (Wildman–Crippen MR) is 108 cm³/mol. The quantitative estimate of drug-likeness (QED) is 0.561. The zero-order chi connectivity index (χ0) is 19.8. The second-order valence-corrected chi connectivity index (χ2v) is 6.72. The Morgan fingerprint density at radius 2 is 1.71 bits per heavy atom. The molecule has 0 aliphatic rings. The Labute approximate surface area is 161 Å². The number of carbonyl (C=O) groups excluding carboxylic acids is 1. The first kappa shape index (κ1) is 17.8. The second kappa shape index (κ2) is 6.85. The maximum Gasteiger partial charge on any atom is 0.267 e. The summed E-state index contributed by atoms with van der Waals surface area (Å²) in [6.07, 6.45) is 3.48. The van der Waals surface area contributed by atoms with Crippen LogP contribution in [-0.4, -0.2) is 15.9 Å². The highest BCUT2D eigenvalue weighted by Crippen LogP contribution is 2.38. The van der Waals surface area contributed by atoms with Crippen molar-refractivity contribution in [3.05, 3.63) is 83.6 Å². The van der Waals surface area contributed by atoms with Gasteiger partial charge >= 0.3 is 0 Å². The van der Waals surface area contributed by atoms with E-state index in [1.807, 2.05) is 32.0 Å². The molecular weight excluding hydrogens is 353 g/mol. The van der Waals surface area contributed by atoms with Gasteiger partial charge in [-0.2, -0.15) is 0 Å². The summed E-state index contributed by atoms with van der Waals surface area (Å²) in [6, 6.07) is 13.9. The van der Waals surface area contributed by atoms with Gasteiger partial charge in [0.15, 0.2) is 0 Å². The van der Waals surface area contributed by atoms with Gasteiger partial charge in [0.1, 0.15) is 11.5 Å². The van der Waals surface area contributed by atoms with Gasteiger partial charge in [-0.05, 0) is 72.0 Å². The fraction of sp³-hybridized carbons (Fsp3) is 0.0870. The number of hydrogen-bond acceptors (Lipinski definition) is 3. The lowest BCUT2D eigenvalue weighted by molar-refractivity contribution is 0.0996. The van der Waals surface area contributed by atoms with Crippen molar-refractivity contribution in [3.63, 3.8) is 0 Å². The molecule has 0 spiro atoms. The zero-order valence-electron chi connectivity index (χ0n) is 15.5. The predicted octanol–water partition coefficient (Wildman–Crippen LogP) is 4.82. The number of primary amides is 1. The lowest BCUT2D eigenvalue weighted by Gasteiger charge is -2.17. The van der Waals surface area contributed by atoms with E-state index >= 15 is 0 Å². The van der Waals surface area contributed by atoms with Gasteiger partial charge in [-0.15, -0.1) is 0 Å². The average Bonchev–Trinajstić information content (AvgIpc) is 2.68. The van der Waals surface area contributed by atoms with E-state index in [9.17, 15) is 9.18 Å². The molecule has 1 amide bonds. The summed E-state index contributed by atoms with van der Waals surface area (Å²) in [7, 11) is 0. The van der Waals surface area contributed by atoms with E-state index in [4.69, 9.17) is 5.73 Å². The Balaban J connectivity index is 2.15. The van der Waals surface area contributed by atoms with Crippen LogP contribution in [0.25, 0.3) is 33.2 Å². The van der Waals surface area contributed by atoms with Crippen LogP contribution in [-0.2, 0) is 0 Å². The van der Waals surface area contributed by atoms with Crippen LogP contribution in [0, 0.1) is 19.7 Å². The van der Waals surface area contributed by atoms with E-state index in [1.54, 1.807) is 36.7 Å². The van der Waals surface area contributed by atoms with E-state index in [-0.39, 0.29) is 11.5 Å². The van der Waals surface area contributed by atoms with Crippen molar-refractivity contribution in [2.45, 2.75) is 13.8 Å². The van der Waals surface area contributed by atoms with Crippen LogP contribution >= 0.6 is 0 Å². The van der Waals surface area contributed by atoms with Crippen LogP contribution < -0.4 is 5.73 Å². The maximum atomic E-state index is 14.6.